The number of aliphatic hydroxyl groups excluding tert-OH is 1. The molecule has 2 atom stereocenters. The summed E-state index contributed by atoms with van der Waals surface area (Å²) in [4.78, 5) is 33.9. The summed E-state index contributed by atoms with van der Waals surface area (Å²) in [6.07, 6.45) is -0.849. The first-order valence-electron chi connectivity index (χ1n) is 3.50. The Bertz CT molecular complexity index is 269. The molecule has 0 bridgehead atoms. The van der Waals surface area contributed by atoms with Crippen LogP contribution in [0, 0.1) is 0 Å². The van der Waals surface area contributed by atoms with Gasteiger partial charge in [-0.05, 0) is 6.42 Å². The molecule has 0 aliphatic carbocycles. The fourth-order valence-electron chi connectivity index (χ4n) is 0.674. The Labute approximate surface area is 85.9 Å². The second-order valence-corrected chi connectivity index (χ2v) is 6.89. The zero-order valence-corrected chi connectivity index (χ0v) is 9.65. The molecule has 0 aromatic heterocycles. The summed E-state index contributed by atoms with van der Waals surface area (Å²) in [7, 11) is -8.89. The lowest BCUT2D eigenvalue weighted by Crippen LogP contribution is -2.22. The summed E-state index contributed by atoms with van der Waals surface area (Å²) in [6, 6.07) is 0. The molecule has 0 amide bonds. The summed E-state index contributed by atoms with van der Waals surface area (Å²) in [6.45, 7) is 0. The molecule has 0 aromatic rings. The van der Waals surface area contributed by atoms with Crippen molar-refractivity contribution in [2.24, 2.45) is 0 Å². The van der Waals surface area contributed by atoms with Crippen LogP contribution in [0.5, 0.6) is 0 Å². The fraction of sp³-hybridized carbons (Fsp3) is 1.00. The average Bonchev–Trinajstić information content (AvgIpc) is 1.95. The van der Waals surface area contributed by atoms with E-state index in [0.29, 0.717) is 0 Å². The van der Waals surface area contributed by atoms with Gasteiger partial charge < -0.3 is 24.7 Å². The van der Waals surface area contributed by atoms with Crippen LogP contribution in [-0.2, 0) is 9.13 Å². The third-order valence-corrected chi connectivity index (χ3v) is 4.07. The largest absolute Gasteiger partial charge is 0.379 e. The van der Waals surface area contributed by atoms with Crippen LogP contribution in [0.2, 0.25) is 0 Å². The Morgan fingerprint density at radius 2 is 1.57 bits per heavy atom. The Morgan fingerprint density at radius 3 is 1.86 bits per heavy atom. The molecular weight excluding hydrogens is 254 g/mol. The number of aliphatic hydroxyl groups is 1. The van der Waals surface area contributed by atoms with Crippen LogP contribution in [0.4, 0.5) is 0 Å². The zero-order chi connectivity index (χ0) is 11.6. The van der Waals surface area contributed by atoms with E-state index in [9.17, 15) is 9.13 Å². The number of hydrogen-bond donors (Lipinski definition) is 6. The van der Waals surface area contributed by atoms with Crippen molar-refractivity contribution in [1.82, 2.24) is 0 Å². The van der Waals surface area contributed by atoms with E-state index in [2.05, 4.69) is 12.6 Å². The molecular formula is C4H12O7P2S. The highest BCUT2D eigenvalue weighted by molar-refractivity contribution is 7.81. The van der Waals surface area contributed by atoms with E-state index in [1.165, 1.54) is 0 Å². The molecule has 0 fully saturated rings. The van der Waals surface area contributed by atoms with Gasteiger partial charge in [-0.3, -0.25) is 9.13 Å². The molecule has 0 spiro atoms. The molecule has 0 radical (unpaired) electrons. The lowest BCUT2D eigenvalue weighted by molar-refractivity contribution is 0.198. The molecule has 0 saturated heterocycles. The Hall–Kier alpha value is 0.610. The highest BCUT2D eigenvalue weighted by Crippen LogP contribution is 2.45. The van der Waals surface area contributed by atoms with Crippen molar-refractivity contribution in [2.45, 2.75) is 17.5 Å². The Kier molecular flexibility index (Phi) is 5.32. The van der Waals surface area contributed by atoms with Crippen LogP contribution in [0.15, 0.2) is 0 Å². The molecule has 5 N–H and O–H groups in total. The first-order valence-corrected chi connectivity index (χ1v) is 7.49. The van der Waals surface area contributed by atoms with Crippen molar-refractivity contribution in [3.8, 4) is 0 Å². The van der Waals surface area contributed by atoms with Gasteiger partial charge >= 0.3 is 15.2 Å². The summed E-state index contributed by atoms with van der Waals surface area (Å²) < 4.78 is 20.9. The van der Waals surface area contributed by atoms with Crippen LogP contribution >= 0.6 is 27.8 Å². The van der Waals surface area contributed by atoms with Crippen molar-refractivity contribution in [1.29, 1.82) is 0 Å². The number of rotatable bonds is 5. The van der Waals surface area contributed by atoms with Crippen LogP contribution in [0.25, 0.3) is 0 Å². The smallest absolute Gasteiger partial charge is 0.354 e. The molecule has 0 heterocycles. The number of hydrogen-bond acceptors (Lipinski definition) is 4. The Morgan fingerprint density at radius 1 is 1.14 bits per heavy atom. The van der Waals surface area contributed by atoms with Gasteiger partial charge in [0.05, 0.1) is 6.16 Å². The summed E-state index contributed by atoms with van der Waals surface area (Å²) in [5.74, 6) is -2.00. The van der Waals surface area contributed by atoms with E-state index < -0.39 is 32.4 Å². The van der Waals surface area contributed by atoms with Gasteiger partial charge in [-0.2, -0.15) is 12.6 Å². The van der Waals surface area contributed by atoms with Crippen molar-refractivity contribution in [2.75, 3.05) is 6.16 Å². The van der Waals surface area contributed by atoms with Gasteiger partial charge in [0.25, 0.3) is 0 Å². The van der Waals surface area contributed by atoms with Gasteiger partial charge in [0.15, 0.2) is 5.85 Å². The highest BCUT2D eigenvalue weighted by Gasteiger charge is 2.33. The van der Waals surface area contributed by atoms with E-state index in [4.69, 9.17) is 24.7 Å². The van der Waals surface area contributed by atoms with E-state index in [0.717, 1.165) is 0 Å². The average molecular weight is 266 g/mol. The summed E-state index contributed by atoms with van der Waals surface area (Å²) in [5.41, 5.74) is 0. The zero-order valence-electron chi connectivity index (χ0n) is 6.96. The quantitative estimate of drug-likeness (QED) is 0.287. The maximum atomic E-state index is 10.5. The van der Waals surface area contributed by atoms with Crippen molar-refractivity contribution in [3.05, 3.63) is 0 Å². The Balaban J connectivity index is 4.17. The molecule has 86 valence electrons. The molecule has 2 unspecified atom stereocenters. The highest BCUT2D eigenvalue weighted by atomic mass is 32.1. The predicted octanol–water partition coefficient (Wildman–Crippen LogP) is -0.651. The molecule has 0 rings (SSSR count). The SMILES string of the molecule is O=P(O)(O)CCC(S)C(O)P(=O)(O)O. The molecule has 0 aliphatic rings. The minimum absolute atomic E-state index is 0.278. The van der Waals surface area contributed by atoms with Crippen molar-refractivity contribution in [3.63, 3.8) is 0 Å². The van der Waals surface area contributed by atoms with Gasteiger partial charge in [0.1, 0.15) is 0 Å². The van der Waals surface area contributed by atoms with Crippen LogP contribution in [-0.4, -0.2) is 41.9 Å². The topological polar surface area (TPSA) is 135 Å². The fourth-order valence-corrected chi connectivity index (χ4v) is 2.74. The van der Waals surface area contributed by atoms with Gasteiger partial charge in [0.2, 0.25) is 0 Å². The van der Waals surface area contributed by atoms with Crippen LogP contribution < -0.4 is 0 Å². The van der Waals surface area contributed by atoms with E-state index in [1.54, 1.807) is 0 Å². The van der Waals surface area contributed by atoms with E-state index in [-0.39, 0.29) is 6.42 Å². The van der Waals surface area contributed by atoms with Crippen LogP contribution in [0.3, 0.4) is 0 Å². The first-order chi connectivity index (χ1) is 6.04. The maximum Gasteiger partial charge on any atom is 0.354 e. The van der Waals surface area contributed by atoms with Crippen LogP contribution in [0.1, 0.15) is 6.42 Å². The molecule has 0 aromatic carbocycles. The molecule has 10 heteroatoms. The molecule has 0 aliphatic heterocycles. The first kappa shape index (κ1) is 14.6. The summed E-state index contributed by atoms with van der Waals surface area (Å²) in [5, 5.41) is 7.80. The normalized spacial score (nSPS) is 17.9. The molecule has 0 saturated carbocycles. The van der Waals surface area contributed by atoms with E-state index >= 15 is 0 Å². The molecule has 7 nitrogen and oxygen atoms in total. The van der Waals surface area contributed by atoms with Gasteiger partial charge in [-0.1, -0.05) is 0 Å². The second kappa shape index (κ2) is 5.09. The van der Waals surface area contributed by atoms with Gasteiger partial charge in [0, 0.05) is 5.25 Å². The standard InChI is InChI=1S/C4H12O7P2S/c5-4(13(9,10)11)3(14)1-2-12(6,7)8/h3-5,14H,1-2H2,(H2,6,7,8)(H2,9,10,11). The predicted molar refractivity (Wildman–Crippen MR) is 52.4 cm³/mol. The van der Waals surface area contributed by atoms with Gasteiger partial charge in [-0.25, -0.2) is 0 Å². The summed E-state index contributed by atoms with van der Waals surface area (Å²) >= 11 is 3.64. The third kappa shape index (κ3) is 6.16. The second-order valence-electron chi connectivity index (χ2n) is 2.75. The third-order valence-electron chi connectivity index (χ3n) is 1.40. The van der Waals surface area contributed by atoms with Crippen molar-refractivity contribution >= 4 is 27.8 Å². The lowest BCUT2D eigenvalue weighted by Gasteiger charge is -2.18. The van der Waals surface area contributed by atoms with Gasteiger partial charge in [-0.15, -0.1) is 0 Å². The minimum Gasteiger partial charge on any atom is -0.379 e. The molecule has 14 heavy (non-hydrogen) atoms. The monoisotopic (exact) mass is 266 g/mol. The van der Waals surface area contributed by atoms with Crippen molar-refractivity contribution < 1.29 is 33.8 Å². The minimum atomic E-state index is -4.67. The number of thiol groups is 1. The van der Waals surface area contributed by atoms with E-state index in [1.807, 2.05) is 0 Å². The maximum absolute atomic E-state index is 10.5. The lowest BCUT2D eigenvalue weighted by atomic mass is 10.3.